The summed E-state index contributed by atoms with van der Waals surface area (Å²) in [5.41, 5.74) is 0.810. The fourth-order valence-electron chi connectivity index (χ4n) is 2.87. The zero-order valence-corrected chi connectivity index (χ0v) is 15.9. The van der Waals surface area contributed by atoms with E-state index in [9.17, 15) is 9.90 Å². The molecule has 0 aliphatic heterocycles. The number of phenols is 1. The van der Waals surface area contributed by atoms with E-state index >= 15 is 0 Å². The van der Waals surface area contributed by atoms with Crippen LogP contribution in [0, 0.1) is 0 Å². The largest absolute Gasteiger partial charge is 0.508 e. The molecule has 0 saturated heterocycles. The predicted molar refractivity (Wildman–Crippen MR) is 105 cm³/mol. The van der Waals surface area contributed by atoms with Gasteiger partial charge in [-0.15, -0.1) is 0 Å². The van der Waals surface area contributed by atoms with Crippen molar-refractivity contribution in [2.24, 2.45) is 0 Å². The van der Waals surface area contributed by atoms with Gasteiger partial charge >= 0.3 is 0 Å². The van der Waals surface area contributed by atoms with E-state index in [0.29, 0.717) is 6.54 Å². The van der Waals surface area contributed by atoms with Gasteiger partial charge in [0.2, 0.25) is 5.91 Å². The summed E-state index contributed by atoms with van der Waals surface area (Å²) in [6.07, 6.45) is 13.0. The molecule has 1 aromatic rings. The molecule has 1 rings (SSSR count). The van der Waals surface area contributed by atoms with Gasteiger partial charge in [0.15, 0.2) is 0 Å². The van der Waals surface area contributed by atoms with Crippen molar-refractivity contribution >= 4 is 5.91 Å². The van der Waals surface area contributed by atoms with Crippen molar-refractivity contribution < 1.29 is 9.90 Å². The minimum Gasteiger partial charge on any atom is -0.508 e. The Balaban J connectivity index is 1.88. The molecule has 0 fully saturated rings. The molecule has 0 aromatic heterocycles. The number of nitrogens with one attached hydrogen (secondary N) is 2. The molecule has 0 aliphatic carbocycles. The van der Waals surface area contributed by atoms with Gasteiger partial charge in [0, 0.05) is 18.7 Å². The Morgan fingerprint density at radius 2 is 1.52 bits per heavy atom. The number of rotatable bonds is 15. The predicted octanol–water partition coefficient (Wildman–Crippen LogP) is 4.52. The van der Waals surface area contributed by atoms with Crippen LogP contribution in [0.4, 0.5) is 0 Å². The fourth-order valence-corrected chi connectivity index (χ4v) is 2.87. The number of phenolic OH excluding ortho intramolecular Hbond substituents is 1. The van der Waals surface area contributed by atoms with Crippen LogP contribution in [0.5, 0.6) is 5.75 Å². The van der Waals surface area contributed by atoms with Crippen LogP contribution in [0.2, 0.25) is 0 Å². The lowest BCUT2D eigenvalue weighted by molar-refractivity contribution is -0.120. The first kappa shape index (κ1) is 21.5. The Morgan fingerprint density at radius 3 is 2.16 bits per heavy atom. The first-order chi connectivity index (χ1) is 12.2. The molecular formula is C21H36N2O2. The highest BCUT2D eigenvalue weighted by Gasteiger charge is 2.02. The van der Waals surface area contributed by atoms with Crippen molar-refractivity contribution in [2.45, 2.75) is 77.7 Å². The molecule has 0 bridgehead atoms. The maximum Gasteiger partial charge on any atom is 0.233 e. The molecular weight excluding hydrogens is 312 g/mol. The summed E-state index contributed by atoms with van der Waals surface area (Å²) in [7, 11) is 0. The molecule has 142 valence electrons. The van der Waals surface area contributed by atoms with E-state index in [1.807, 2.05) is 12.1 Å². The highest BCUT2D eigenvalue weighted by atomic mass is 16.3. The molecule has 1 aromatic carbocycles. The van der Waals surface area contributed by atoms with Crippen molar-refractivity contribution in [3.8, 4) is 5.75 Å². The average molecular weight is 349 g/mol. The molecule has 4 nitrogen and oxygen atoms in total. The molecule has 0 saturated carbocycles. The lowest BCUT2D eigenvalue weighted by Gasteiger charge is -2.08. The normalized spacial score (nSPS) is 10.8. The van der Waals surface area contributed by atoms with E-state index < -0.39 is 0 Å². The third kappa shape index (κ3) is 11.6. The minimum absolute atomic E-state index is 0.0198. The number of carbonyl (C=O) groups is 1. The van der Waals surface area contributed by atoms with Gasteiger partial charge in [-0.25, -0.2) is 0 Å². The molecule has 3 N–H and O–H groups in total. The number of amides is 1. The third-order valence-electron chi connectivity index (χ3n) is 4.45. The number of aromatic hydroxyl groups is 1. The first-order valence-electron chi connectivity index (χ1n) is 9.98. The number of hydrogen-bond acceptors (Lipinski definition) is 3. The van der Waals surface area contributed by atoms with Crippen molar-refractivity contribution in [2.75, 3.05) is 13.1 Å². The summed E-state index contributed by atoms with van der Waals surface area (Å²) in [4.78, 5) is 11.7. The van der Waals surface area contributed by atoms with Crippen LogP contribution < -0.4 is 10.6 Å². The highest BCUT2D eigenvalue weighted by Crippen LogP contribution is 2.14. The van der Waals surface area contributed by atoms with Crippen LogP contribution in [0.15, 0.2) is 24.3 Å². The molecule has 0 atom stereocenters. The maximum atomic E-state index is 11.7. The Kier molecular flexibility index (Phi) is 12.7. The van der Waals surface area contributed by atoms with Gasteiger partial charge in [-0.1, -0.05) is 82.9 Å². The lowest BCUT2D eigenvalue weighted by Crippen LogP contribution is -2.34. The molecule has 1 amide bonds. The zero-order chi connectivity index (χ0) is 18.2. The van der Waals surface area contributed by atoms with Gasteiger partial charge in [-0.2, -0.15) is 0 Å². The second kappa shape index (κ2) is 14.8. The SMILES string of the molecule is CCCCCCCCCCCCNC(=O)CNCc1ccccc1O. The number of benzene rings is 1. The molecule has 0 spiro atoms. The average Bonchev–Trinajstić information content (AvgIpc) is 2.61. The Bertz CT molecular complexity index is 463. The highest BCUT2D eigenvalue weighted by molar-refractivity contribution is 5.77. The van der Waals surface area contributed by atoms with Crippen LogP contribution in [0.25, 0.3) is 0 Å². The van der Waals surface area contributed by atoms with E-state index in [1.54, 1.807) is 12.1 Å². The smallest absolute Gasteiger partial charge is 0.233 e. The molecule has 25 heavy (non-hydrogen) atoms. The van der Waals surface area contributed by atoms with Crippen LogP contribution in [0.3, 0.4) is 0 Å². The second-order valence-electron chi connectivity index (χ2n) is 6.76. The number of carbonyl (C=O) groups excluding carboxylic acids is 1. The summed E-state index contributed by atoms with van der Waals surface area (Å²) in [6.45, 7) is 3.79. The van der Waals surface area contributed by atoms with Crippen molar-refractivity contribution in [3.05, 3.63) is 29.8 Å². The van der Waals surface area contributed by atoms with E-state index in [0.717, 1.165) is 18.5 Å². The van der Waals surface area contributed by atoms with Crippen LogP contribution >= 0.6 is 0 Å². The topological polar surface area (TPSA) is 61.4 Å². The Hall–Kier alpha value is -1.55. The third-order valence-corrected chi connectivity index (χ3v) is 4.45. The summed E-state index contributed by atoms with van der Waals surface area (Å²) >= 11 is 0. The van der Waals surface area contributed by atoms with Gasteiger partial charge in [-0.3, -0.25) is 4.79 Å². The molecule has 4 heteroatoms. The first-order valence-corrected chi connectivity index (χ1v) is 9.98. The Labute approximate surface area is 153 Å². The minimum atomic E-state index is 0.0198. The van der Waals surface area contributed by atoms with E-state index in [2.05, 4.69) is 17.6 Å². The molecule has 0 unspecified atom stereocenters. The fraction of sp³-hybridized carbons (Fsp3) is 0.667. The van der Waals surface area contributed by atoms with Gasteiger partial charge in [0.25, 0.3) is 0 Å². The number of hydrogen-bond donors (Lipinski definition) is 3. The van der Waals surface area contributed by atoms with Crippen LogP contribution in [0.1, 0.15) is 76.7 Å². The monoisotopic (exact) mass is 348 g/mol. The van der Waals surface area contributed by atoms with E-state index in [1.165, 1.54) is 57.8 Å². The zero-order valence-electron chi connectivity index (χ0n) is 15.9. The van der Waals surface area contributed by atoms with Crippen LogP contribution in [-0.2, 0) is 11.3 Å². The molecule has 0 heterocycles. The van der Waals surface area contributed by atoms with Gasteiger partial charge in [0.1, 0.15) is 5.75 Å². The van der Waals surface area contributed by atoms with Gasteiger partial charge in [-0.05, 0) is 12.5 Å². The molecule has 0 aliphatic rings. The van der Waals surface area contributed by atoms with Crippen molar-refractivity contribution in [3.63, 3.8) is 0 Å². The van der Waals surface area contributed by atoms with Crippen molar-refractivity contribution in [1.82, 2.24) is 10.6 Å². The summed E-state index contributed by atoms with van der Waals surface area (Å²) in [5.74, 6) is 0.284. The second-order valence-corrected chi connectivity index (χ2v) is 6.76. The quantitative estimate of drug-likeness (QED) is 0.408. The number of unbranched alkanes of at least 4 members (excludes halogenated alkanes) is 9. The van der Waals surface area contributed by atoms with Crippen molar-refractivity contribution in [1.29, 1.82) is 0 Å². The van der Waals surface area contributed by atoms with Gasteiger partial charge in [0.05, 0.1) is 6.54 Å². The van der Waals surface area contributed by atoms with Crippen LogP contribution in [-0.4, -0.2) is 24.1 Å². The Morgan fingerprint density at radius 1 is 0.920 bits per heavy atom. The molecule has 0 radical (unpaired) electrons. The summed E-state index contributed by atoms with van der Waals surface area (Å²) in [5, 5.41) is 15.7. The summed E-state index contributed by atoms with van der Waals surface area (Å²) in [6, 6.07) is 7.17. The maximum absolute atomic E-state index is 11.7. The number of para-hydroxylation sites is 1. The van der Waals surface area contributed by atoms with Gasteiger partial charge < -0.3 is 15.7 Å². The summed E-state index contributed by atoms with van der Waals surface area (Å²) < 4.78 is 0. The lowest BCUT2D eigenvalue weighted by atomic mass is 10.1. The van der Waals surface area contributed by atoms with E-state index in [4.69, 9.17) is 0 Å². The van der Waals surface area contributed by atoms with E-state index in [-0.39, 0.29) is 18.2 Å². The standard InChI is InChI=1S/C21H36N2O2/c1-2-3-4-5-6-7-8-9-10-13-16-23-21(25)18-22-17-19-14-11-12-15-20(19)24/h11-12,14-15,22,24H,2-10,13,16-18H2,1H3,(H,23,25).